The van der Waals surface area contributed by atoms with Crippen LogP contribution in [0.4, 0.5) is 0 Å². The highest BCUT2D eigenvalue weighted by molar-refractivity contribution is 6.74. The van der Waals surface area contributed by atoms with Gasteiger partial charge in [-0.05, 0) is 34.8 Å². The van der Waals surface area contributed by atoms with E-state index in [2.05, 4.69) is 5.32 Å². The molecule has 12 nitrogen and oxygen atoms in total. The number of rotatable bonds is 15. The molecule has 13 heteroatoms. The van der Waals surface area contributed by atoms with Gasteiger partial charge in [-0.1, -0.05) is 112 Å². The minimum atomic E-state index is -3.08. The Hall–Kier alpha value is -4.85. The highest BCUT2D eigenvalue weighted by Gasteiger charge is 2.72. The van der Waals surface area contributed by atoms with Gasteiger partial charge >= 0.3 is 17.9 Å². The normalized spacial score (nSPS) is 16.8. The highest BCUT2D eigenvalue weighted by atomic mass is 28.4. The minimum Gasteiger partial charge on any atom is -0.467 e. The largest absolute Gasteiger partial charge is 0.467 e. The Kier molecular flexibility index (Phi) is 12.6. The Morgan fingerprint density at radius 3 is 1.67 bits per heavy atom. The molecule has 51 heavy (non-hydrogen) atoms. The van der Waals surface area contributed by atoms with Crippen molar-refractivity contribution < 1.29 is 47.7 Å². The molecule has 1 aliphatic rings. The first-order valence-electron chi connectivity index (χ1n) is 16.6. The second-order valence-electron chi connectivity index (χ2n) is 13.8. The SMILES string of the molecule is COC(=O)C(O[Si](C)(C)C(C)(C)C)C(C(=O)OCc1ccccc1)(C(=O)OCc1ccccc1)N1C(=O)[C@@H](NC(=O)Cc2ccccc2)[C@H]1CO. The summed E-state index contributed by atoms with van der Waals surface area (Å²) < 4.78 is 23.2. The lowest BCUT2D eigenvalue weighted by atomic mass is 9.80. The molecule has 1 fully saturated rings. The summed E-state index contributed by atoms with van der Waals surface area (Å²) in [6, 6.07) is 23.3. The molecule has 0 radical (unpaired) electrons. The predicted molar refractivity (Wildman–Crippen MR) is 189 cm³/mol. The van der Waals surface area contributed by atoms with Crippen LogP contribution in [-0.2, 0) is 62.2 Å². The Morgan fingerprint density at radius 2 is 1.25 bits per heavy atom. The van der Waals surface area contributed by atoms with Gasteiger partial charge in [0.15, 0.2) is 14.4 Å². The number of benzene rings is 3. The fraction of sp³-hybridized carbons (Fsp3) is 0.395. The van der Waals surface area contributed by atoms with Gasteiger partial charge in [-0.3, -0.25) is 9.59 Å². The molecule has 3 aromatic rings. The van der Waals surface area contributed by atoms with Crippen molar-refractivity contribution in [1.82, 2.24) is 10.2 Å². The zero-order chi connectivity index (χ0) is 37.4. The van der Waals surface area contributed by atoms with Crippen molar-refractivity contribution in [3.05, 3.63) is 108 Å². The van der Waals surface area contributed by atoms with Crippen LogP contribution in [0.25, 0.3) is 0 Å². The topological polar surface area (TPSA) is 158 Å². The van der Waals surface area contributed by atoms with Gasteiger partial charge in [-0.25, -0.2) is 14.4 Å². The van der Waals surface area contributed by atoms with Gasteiger partial charge in [-0.15, -0.1) is 0 Å². The molecule has 1 saturated heterocycles. The summed E-state index contributed by atoms with van der Waals surface area (Å²) in [6.07, 6.45) is -2.17. The van der Waals surface area contributed by atoms with Crippen molar-refractivity contribution >= 4 is 38.0 Å². The van der Waals surface area contributed by atoms with Crippen LogP contribution in [-0.4, -0.2) is 85.5 Å². The molecule has 0 bridgehead atoms. The zero-order valence-corrected chi connectivity index (χ0v) is 30.8. The molecule has 0 aromatic heterocycles. The fourth-order valence-corrected chi connectivity index (χ4v) is 6.71. The number of β-lactam (4-membered cyclic amide) rings is 1. The molecule has 272 valence electrons. The van der Waals surface area contributed by atoms with Gasteiger partial charge in [0.25, 0.3) is 5.54 Å². The van der Waals surface area contributed by atoms with E-state index in [1.54, 1.807) is 104 Å². The van der Waals surface area contributed by atoms with E-state index < -0.39 is 73.4 Å². The van der Waals surface area contributed by atoms with Crippen molar-refractivity contribution in [2.75, 3.05) is 13.7 Å². The lowest BCUT2D eigenvalue weighted by molar-refractivity contribution is -0.209. The molecule has 0 saturated carbocycles. The van der Waals surface area contributed by atoms with Gasteiger partial charge in [-0.2, -0.15) is 0 Å². The molecule has 1 unspecified atom stereocenters. The zero-order valence-electron chi connectivity index (χ0n) is 29.8. The van der Waals surface area contributed by atoms with Crippen LogP contribution in [0.2, 0.25) is 18.1 Å². The number of nitrogens with one attached hydrogen (secondary N) is 1. The molecule has 1 aliphatic heterocycles. The van der Waals surface area contributed by atoms with Crippen LogP contribution in [0.5, 0.6) is 0 Å². The van der Waals surface area contributed by atoms with Crippen molar-refractivity contribution in [3.8, 4) is 0 Å². The molecule has 3 aromatic carbocycles. The molecule has 0 aliphatic carbocycles. The van der Waals surface area contributed by atoms with E-state index in [9.17, 15) is 29.1 Å². The monoisotopic (exact) mass is 718 g/mol. The summed E-state index contributed by atoms with van der Waals surface area (Å²) in [6.45, 7) is 7.77. The maximum atomic E-state index is 14.7. The molecule has 3 atom stereocenters. The number of ether oxygens (including phenoxy) is 3. The van der Waals surface area contributed by atoms with E-state index in [1.807, 2.05) is 20.8 Å². The molecule has 2 N–H and O–H groups in total. The standard InChI is InChI=1S/C38H46N2O10Si/c1-37(2,3)51(5,6)50-32(34(44)47-4)38(35(45)48-24-27-18-12-8-13-19-27,36(46)49-25-28-20-14-9-15-21-28)40-29(23-41)31(33(40)43)39-30(42)22-26-16-10-7-11-17-26/h7-21,29,31-32,41H,22-25H2,1-6H3,(H,39,42)/t29-,31+,32?/m1/s1. The lowest BCUT2D eigenvalue weighted by Gasteiger charge is -2.55. The first kappa shape index (κ1) is 38.9. The molecular formula is C38H46N2O10Si. The molecule has 4 rings (SSSR count). The number of esters is 3. The number of methoxy groups -OCH3 is 1. The van der Waals surface area contributed by atoms with Crippen LogP contribution in [0.15, 0.2) is 91.0 Å². The fourth-order valence-electron chi connectivity index (χ4n) is 5.50. The predicted octanol–water partition coefficient (Wildman–Crippen LogP) is 3.71. The van der Waals surface area contributed by atoms with Crippen molar-refractivity contribution in [1.29, 1.82) is 0 Å². The third-order valence-electron chi connectivity index (χ3n) is 9.37. The number of carbonyl (C=O) groups is 5. The number of aliphatic hydroxyl groups excluding tert-OH is 1. The maximum absolute atomic E-state index is 14.7. The maximum Gasteiger partial charge on any atom is 0.347 e. The van der Waals surface area contributed by atoms with Crippen LogP contribution < -0.4 is 5.32 Å². The van der Waals surface area contributed by atoms with Crippen molar-refractivity contribution in [2.45, 2.75) is 82.3 Å². The quantitative estimate of drug-likeness (QED) is 0.0781. The van der Waals surface area contributed by atoms with E-state index in [0.717, 1.165) is 12.0 Å². The molecular weight excluding hydrogens is 673 g/mol. The second kappa shape index (κ2) is 16.4. The smallest absolute Gasteiger partial charge is 0.347 e. The summed E-state index contributed by atoms with van der Waals surface area (Å²) in [4.78, 5) is 71.6. The molecule has 2 amide bonds. The number of carbonyl (C=O) groups excluding carboxylic acids is 5. The average molecular weight is 719 g/mol. The number of aliphatic hydroxyl groups is 1. The lowest BCUT2D eigenvalue weighted by Crippen LogP contribution is -2.85. The van der Waals surface area contributed by atoms with E-state index >= 15 is 0 Å². The Labute approximate surface area is 299 Å². The number of hydrogen-bond acceptors (Lipinski definition) is 10. The number of nitrogens with zero attached hydrogens (tertiary/aromatic N) is 1. The Bertz CT molecular complexity index is 1620. The first-order chi connectivity index (χ1) is 24.2. The Morgan fingerprint density at radius 1 is 0.804 bits per heavy atom. The van der Waals surface area contributed by atoms with Gasteiger partial charge in [0, 0.05) is 0 Å². The summed E-state index contributed by atoms with van der Waals surface area (Å²) in [5.41, 5.74) is -1.16. The summed E-state index contributed by atoms with van der Waals surface area (Å²) in [5.74, 6) is -5.28. The van der Waals surface area contributed by atoms with Crippen LogP contribution in [0.3, 0.4) is 0 Å². The highest BCUT2D eigenvalue weighted by Crippen LogP contribution is 2.43. The second-order valence-corrected chi connectivity index (χ2v) is 18.6. The average Bonchev–Trinajstić information content (AvgIpc) is 3.12. The van der Waals surface area contributed by atoms with Gasteiger partial charge in [0.1, 0.15) is 19.3 Å². The van der Waals surface area contributed by atoms with Crippen LogP contribution in [0.1, 0.15) is 37.5 Å². The number of likely N-dealkylation sites (tertiary alicyclic amines) is 1. The number of amides is 2. The third-order valence-corrected chi connectivity index (χ3v) is 13.8. The first-order valence-corrected chi connectivity index (χ1v) is 19.5. The van der Waals surface area contributed by atoms with Gasteiger partial charge in [0.05, 0.1) is 26.2 Å². The van der Waals surface area contributed by atoms with Crippen molar-refractivity contribution in [2.24, 2.45) is 0 Å². The van der Waals surface area contributed by atoms with E-state index in [4.69, 9.17) is 18.6 Å². The van der Waals surface area contributed by atoms with E-state index in [0.29, 0.717) is 16.7 Å². The minimum absolute atomic E-state index is 0.0780. The summed E-state index contributed by atoms with van der Waals surface area (Å²) in [5, 5.41) is 12.8. The van der Waals surface area contributed by atoms with Gasteiger partial charge < -0.3 is 34.0 Å². The summed E-state index contributed by atoms with van der Waals surface area (Å²) in [7, 11) is -2.02. The number of hydrogen-bond donors (Lipinski definition) is 2. The van der Waals surface area contributed by atoms with Crippen LogP contribution in [0, 0.1) is 0 Å². The van der Waals surface area contributed by atoms with Crippen molar-refractivity contribution in [3.63, 3.8) is 0 Å². The van der Waals surface area contributed by atoms with Crippen LogP contribution >= 0.6 is 0 Å². The van der Waals surface area contributed by atoms with E-state index in [-0.39, 0.29) is 19.6 Å². The van der Waals surface area contributed by atoms with E-state index in [1.165, 1.54) is 0 Å². The van der Waals surface area contributed by atoms with Gasteiger partial charge in [0.2, 0.25) is 11.8 Å². The molecule has 1 heterocycles. The summed E-state index contributed by atoms with van der Waals surface area (Å²) >= 11 is 0. The Balaban J connectivity index is 1.86. The molecule has 0 spiro atoms. The third kappa shape index (κ3) is 8.55.